The molecular formula is C15H23N3O2. The molecule has 1 aromatic rings. The topological polar surface area (TPSA) is 65.5 Å². The van der Waals surface area contributed by atoms with E-state index in [0.717, 1.165) is 12.2 Å². The Balaban J connectivity index is 1.92. The summed E-state index contributed by atoms with van der Waals surface area (Å²) < 4.78 is 0. The monoisotopic (exact) mass is 277 g/mol. The molecule has 1 aliphatic carbocycles. The highest BCUT2D eigenvalue weighted by molar-refractivity contribution is 5.85. The van der Waals surface area contributed by atoms with Crippen LogP contribution in [0.15, 0.2) is 18.2 Å². The number of nitrogens with zero attached hydrogens (tertiary/aromatic N) is 2. The first-order valence-corrected chi connectivity index (χ1v) is 7.11. The van der Waals surface area contributed by atoms with Crippen LogP contribution in [0.3, 0.4) is 0 Å². The van der Waals surface area contributed by atoms with Gasteiger partial charge in [-0.2, -0.15) is 0 Å². The van der Waals surface area contributed by atoms with E-state index in [0.29, 0.717) is 6.54 Å². The van der Waals surface area contributed by atoms with Crippen molar-refractivity contribution >= 4 is 5.97 Å². The minimum atomic E-state index is -0.979. The molecule has 0 aliphatic heterocycles. The molecule has 0 unspecified atom stereocenters. The van der Waals surface area contributed by atoms with Crippen LogP contribution in [0.1, 0.15) is 41.9 Å². The van der Waals surface area contributed by atoms with Crippen LogP contribution in [0.4, 0.5) is 0 Å². The predicted molar refractivity (Wildman–Crippen MR) is 77.8 cm³/mol. The van der Waals surface area contributed by atoms with Crippen molar-refractivity contribution in [1.29, 1.82) is 0 Å². The van der Waals surface area contributed by atoms with Crippen molar-refractivity contribution < 1.29 is 9.90 Å². The van der Waals surface area contributed by atoms with Crippen LogP contribution >= 0.6 is 0 Å². The number of rotatable bonds is 6. The third-order valence-corrected chi connectivity index (χ3v) is 4.27. The number of aromatic nitrogens is 1. The van der Waals surface area contributed by atoms with Gasteiger partial charge >= 0.3 is 5.97 Å². The zero-order valence-corrected chi connectivity index (χ0v) is 12.2. The predicted octanol–water partition coefficient (Wildman–Crippen LogP) is 1.74. The molecule has 0 atom stereocenters. The minimum absolute atomic E-state index is 0.104. The largest absolute Gasteiger partial charge is 0.477 e. The van der Waals surface area contributed by atoms with Gasteiger partial charge in [-0.15, -0.1) is 0 Å². The number of likely N-dealkylation sites (N-methyl/N-ethyl adjacent to an activating group) is 1. The Morgan fingerprint density at radius 2 is 2.10 bits per heavy atom. The molecule has 2 N–H and O–H groups in total. The lowest BCUT2D eigenvalue weighted by Crippen LogP contribution is -2.49. The maximum absolute atomic E-state index is 10.9. The fourth-order valence-corrected chi connectivity index (χ4v) is 2.94. The molecule has 0 spiro atoms. The van der Waals surface area contributed by atoms with Gasteiger partial charge < -0.3 is 15.3 Å². The van der Waals surface area contributed by atoms with E-state index in [1.807, 2.05) is 6.07 Å². The quantitative estimate of drug-likeness (QED) is 0.829. The van der Waals surface area contributed by atoms with Gasteiger partial charge in [0.1, 0.15) is 5.69 Å². The van der Waals surface area contributed by atoms with E-state index < -0.39 is 5.97 Å². The molecule has 20 heavy (non-hydrogen) atoms. The number of carbonyl (C=O) groups is 1. The number of pyridine rings is 1. The van der Waals surface area contributed by atoms with Gasteiger partial charge in [-0.1, -0.05) is 18.9 Å². The summed E-state index contributed by atoms with van der Waals surface area (Å²) in [6, 6.07) is 5.12. The third-order valence-electron chi connectivity index (χ3n) is 4.27. The fourth-order valence-electron chi connectivity index (χ4n) is 2.94. The van der Waals surface area contributed by atoms with Gasteiger partial charge in [-0.25, -0.2) is 9.78 Å². The summed E-state index contributed by atoms with van der Waals surface area (Å²) in [5, 5.41) is 12.4. The second-order valence-electron chi connectivity index (χ2n) is 5.75. The highest BCUT2D eigenvalue weighted by Gasteiger charge is 2.35. The highest BCUT2D eigenvalue weighted by atomic mass is 16.4. The lowest BCUT2D eigenvalue weighted by Gasteiger charge is -2.36. The molecule has 1 fully saturated rings. The van der Waals surface area contributed by atoms with Crippen LogP contribution in [-0.2, 0) is 6.54 Å². The van der Waals surface area contributed by atoms with E-state index in [1.165, 1.54) is 31.7 Å². The van der Waals surface area contributed by atoms with Crippen LogP contribution in [0.25, 0.3) is 0 Å². The van der Waals surface area contributed by atoms with E-state index in [-0.39, 0.29) is 11.2 Å². The first kappa shape index (κ1) is 14.9. The Morgan fingerprint density at radius 1 is 1.40 bits per heavy atom. The Hall–Kier alpha value is -1.46. The summed E-state index contributed by atoms with van der Waals surface area (Å²) in [6.07, 6.45) is 5.00. The van der Waals surface area contributed by atoms with Crippen molar-refractivity contribution in [3.63, 3.8) is 0 Å². The van der Waals surface area contributed by atoms with Crippen molar-refractivity contribution in [3.8, 4) is 0 Å². The molecule has 110 valence electrons. The van der Waals surface area contributed by atoms with Crippen LogP contribution in [-0.4, -0.2) is 47.1 Å². The Morgan fingerprint density at radius 3 is 2.70 bits per heavy atom. The van der Waals surface area contributed by atoms with E-state index in [2.05, 4.69) is 29.3 Å². The average Bonchev–Trinajstić information content (AvgIpc) is 2.89. The molecule has 1 heterocycles. The molecule has 1 aromatic heterocycles. The van der Waals surface area contributed by atoms with E-state index in [4.69, 9.17) is 5.11 Å². The first-order valence-electron chi connectivity index (χ1n) is 7.11. The molecule has 2 rings (SSSR count). The molecule has 5 nitrogen and oxygen atoms in total. The van der Waals surface area contributed by atoms with E-state index >= 15 is 0 Å². The molecule has 1 saturated carbocycles. The van der Waals surface area contributed by atoms with Crippen molar-refractivity contribution in [2.45, 2.75) is 37.8 Å². The Bertz CT molecular complexity index is 468. The van der Waals surface area contributed by atoms with Crippen LogP contribution in [0, 0.1) is 0 Å². The SMILES string of the molecule is CN(C)C1(CNCc2cccc(C(=O)O)n2)CCCC1. The lowest BCUT2D eigenvalue weighted by atomic mass is 9.96. The highest BCUT2D eigenvalue weighted by Crippen LogP contribution is 2.33. The molecule has 1 aliphatic rings. The summed E-state index contributed by atoms with van der Waals surface area (Å²) in [5.41, 5.74) is 1.12. The summed E-state index contributed by atoms with van der Waals surface area (Å²) in [7, 11) is 4.27. The molecule has 0 saturated heterocycles. The third kappa shape index (κ3) is 3.35. The minimum Gasteiger partial charge on any atom is -0.477 e. The summed E-state index contributed by atoms with van der Waals surface area (Å²) in [5.74, 6) is -0.979. The molecule has 5 heteroatoms. The number of hydrogen-bond acceptors (Lipinski definition) is 4. The van der Waals surface area contributed by atoms with Gasteiger partial charge in [-0.05, 0) is 39.1 Å². The van der Waals surface area contributed by atoms with Gasteiger partial charge in [0.25, 0.3) is 0 Å². The zero-order valence-electron chi connectivity index (χ0n) is 12.2. The van der Waals surface area contributed by atoms with E-state index in [9.17, 15) is 4.79 Å². The normalized spacial score (nSPS) is 17.6. The van der Waals surface area contributed by atoms with Crippen molar-refractivity contribution in [2.75, 3.05) is 20.6 Å². The maximum Gasteiger partial charge on any atom is 0.354 e. The zero-order chi connectivity index (χ0) is 14.6. The van der Waals surface area contributed by atoms with Gasteiger partial charge in [-0.3, -0.25) is 0 Å². The number of aromatic carboxylic acids is 1. The molecule has 0 amide bonds. The standard InChI is InChI=1S/C15H23N3O2/c1-18(2)15(8-3-4-9-15)11-16-10-12-6-5-7-13(17-12)14(19)20/h5-7,16H,3-4,8-11H2,1-2H3,(H,19,20). The van der Waals surface area contributed by atoms with E-state index in [1.54, 1.807) is 6.07 Å². The van der Waals surface area contributed by atoms with Gasteiger partial charge in [0.2, 0.25) is 0 Å². The number of carboxylic acids is 1. The summed E-state index contributed by atoms with van der Waals surface area (Å²) in [4.78, 5) is 17.3. The summed E-state index contributed by atoms with van der Waals surface area (Å²) in [6.45, 7) is 1.52. The van der Waals surface area contributed by atoms with Crippen LogP contribution in [0.2, 0.25) is 0 Å². The second kappa shape index (κ2) is 6.33. The first-order chi connectivity index (χ1) is 9.53. The van der Waals surface area contributed by atoms with Crippen LogP contribution in [0.5, 0.6) is 0 Å². The second-order valence-corrected chi connectivity index (χ2v) is 5.75. The van der Waals surface area contributed by atoms with Gasteiger partial charge in [0, 0.05) is 18.6 Å². The summed E-state index contributed by atoms with van der Waals surface area (Å²) >= 11 is 0. The van der Waals surface area contributed by atoms with Crippen LogP contribution < -0.4 is 5.32 Å². The van der Waals surface area contributed by atoms with Gasteiger partial charge in [0.15, 0.2) is 0 Å². The van der Waals surface area contributed by atoms with Crippen molar-refractivity contribution in [1.82, 2.24) is 15.2 Å². The van der Waals surface area contributed by atoms with Gasteiger partial charge in [0.05, 0.1) is 5.69 Å². The fraction of sp³-hybridized carbons (Fsp3) is 0.600. The van der Waals surface area contributed by atoms with Crippen molar-refractivity contribution in [2.24, 2.45) is 0 Å². The van der Waals surface area contributed by atoms with Crippen molar-refractivity contribution in [3.05, 3.63) is 29.6 Å². The average molecular weight is 277 g/mol. The molecular weight excluding hydrogens is 254 g/mol. The molecule has 0 bridgehead atoms. The number of carboxylic acid groups (broad SMARTS) is 1. The Kier molecular flexibility index (Phi) is 4.73. The molecule has 0 aromatic carbocycles. The number of nitrogens with one attached hydrogen (secondary N) is 1. The maximum atomic E-state index is 10.9. The number of hydrogen-bond donors (Lipinski definition) is 2. The molecule has 0 radical (unpaired) electrons. The Labute approximate surface area is 120 Å². The smallest absolute Gasteiger partial charge is 0.354 e. The lowest BCUT2D eigenvalue weighted by molar-refractivity contribution is 0.0690.